The maximum Gasteiger partial charge on any atom is 0.194 e. The zero-order valence-electron chi connectivity index (χ0n) is 14.6. The number of hydrogen-bond acceptors (Lipinski definition) is 0. The van der Waals surface area contributed by atoms with Gasteiger partial charge in [0.05, 0.1) is 8.07 Å². The molecule has 2 aromatic carbocycles. The van der Waals surface area contributed by atoms with Crippen LogP contribution >= 0.6 is 0 Å². The van der Waals surface area contributed by atoms with Crippen molar-refractivity contribution < 1.29 is 13.2 Å². The van der Waals surface area contributed by atoms with Crippen molar-refractivity contribution in [3.8, 4) is 11.8 Å². The highest BCUT2D eigenvalue weighted by Gasteiger charge is 2.36. The lowest BCUT2D eigenvalue weighted by Crippen LogP contribution is -2.49. The van der Waals surface area contributed by atoms with Crippen molar-refractivity contribution in [1.82, 2.24) is 0 Å². The predicted molar refractivity (Wildman–Crippen MR) is 95.6 cm³/mol. The van der Waals surface area contributed by atoms with Gasteiger partial charge in [-0.1, -0.05) is 63.0 Å². The van der Waals surface area contributed by atoms with E-state index in [1.54, 1.807) is 0 Å². The highest BCUT2D eigenvalue weighted by molar-refractivity contribution is 6.92. The van der Waals surface area contributed by atoms with Gasteiger partial charge in [-0.05, 0) is 29.3 Å². The van der Waals surface area contributed by atoms with E-state index in [0.717, 1.165) is 17.7 Å². The minimum absolute atomic E-state index is 0.111. The van der Waals surface area contributed by atoms with Crippen LogP contribution in [-0.2, 0) is 0 Å². The summed E-state index contributed by atoms with van der Waals surface area (Å²) in [5.41, 5.74) is 0.863. The van der Waals surface area contributed by atoms with Crippen LogP contribution in [0.3, 0.4) is 0 Å². The van der Waals surface area contributed by atoms with Crippen LogP contribution in [0.2, 0.25) is 18.1 Å². The summed E-state index contributed by atoms with van der Waals surface area (Å²) >= 11 is 0. The molecular formula is C20H21F3Si. The van der Waals surface area contributed by atoms with Crippen molar-refractivity contribution in [2.45, 2.75) is 38.9 Å². The van der Waals surface area contributed by atoms with Gasteiger partial charge in [0.1, 0.15) is 0 Å². The lowest BCUT2D eigenvalue weighted by molar-refractivity contribution is 0.446. The second kappa shape index (κ2) is 6.49. The predicted octanol–water partition coefficient (Wildman–Crippen LogP) is 5.22. The molecule has 0 saturated carbocycles. The van der Waals surface area contributed by atoms with Crippen molar-refractivity contribution >= 4 is 13.3 Å². The van der Waals surface area contributed by atoms with Gasteiger partial charge < -0.3 is 0 Å². The fourth-order valence-electron chi connectivity index (χ4n) is 2.18. The van der Waals surface area contributed by atoms with E-state index in [1.807, 2.05) is 12.1 Å². The first-order valence-corrected chi connectivity index (χ1v) is 10.8. The molecular weight excluding hydrogens is 325 g/mol. The van der Waals surface area contributed by atoms with E-state index in [4.69, 9.17) is 0 Å². The Morgan fingerprint density at radius 1 is 0.792 bits per heavy atom. The van der Waals surface area contributed by atoms with Crippen LogP contribution in [0.15, 0.2) is 36.4 Å². The van der Waals surface area contributed by atoms with E-state index >= 15 is 0 Å². The number of benzene rings is 2. The summed E-state index contributed by atoms with van der Waals surface area (Å²) in [6.45, 7) is 11.4. The zero-order chi connectivity index (χ0) is 18.1. The summed E-state index contributed by atoms with van der Waals surface area (Å²) in [4.78, 5) is 0. The first-order chi connectivity index (χ1) is 11.0. The molecule has 0 N–H and O–H groups in total. The smallest absolute Gasteiger partial charge is 0.194 e. The molecule has 0 bridgehead atoms. The Kier molecular flexibility index (Phi) is 4.96. The molecule has 0 atom stereocenters. The summed E-state index contributed by atoms with van der Waals surface area (Å²) < 4.78 is 39.3. The average molecular weight is 346 g/mol. The Morgan fingerprint density at radius 2 is 1.25 bits per heavy atom. The third-order valence-electron chi connectivity index (χ3n) is 4.82. The molecule has 0 aliphatic heterocycles. The monoisotopic (exact) mass is 346 g/mol. The molecule has 0 nitrogen and oxygen atoms in total. The fraction of sp³-hybridized carbons (Fsp3) is 0.300. The molecule has 0 unspecified atom stereocenters. The first-order valence-electron chi connectivity index (χ1n) is 7.79. The largest absolute Gasteiger partial charge is 0.204 e. The zero-order valence-corrected chi connectivity index (χ0v) is 15.6. The molecule has 126 valence electrons. The highest BCUT2D eigenvalue weighted by atomic mass is 28.3. The summed E-state index contributed by atoms with van der Waals surface area (Å²) in [6.07, 6.45) is 0. The van der Waals surface area contributed by atoms with Crippen molar-refractivity contribution in [3.63, 3.8) is 0 Å². The van der Waals surface area contributed by atoms with Crippen LogP contribution in [0, 0.1) is 29.3 Å². The molecule has 2 aromatic rings. The maximum absolute atomic E-state index is 13.2. The lowest BCUT2D eigenvalue weighted by Gasteiger charge is -2.37. The van der Waals surface area contributed by atoms with E-state index in [-0.39, 0.29) is 10.6 Å². The minimum atomic E-state index is -1.60. The maximum atomic E-state index is 13.2. The van der Waals surface area contributed by atoms with Gasteiger partial charge in [0, 0.05) is 11.1 Å². The van der Waals surface area contributed by atoms with Crippen LogP contribution < -0.4 is 5.19 Å². The van der Waals surface area contributed by atoms with Gasteiger partial charge in [0.25, 0.3) is 0 Å². The van der Waals surface area contributed by atoms with Crippen LogP contribution in [0.25, 0.3) is 0 Å². The van der Waals surface area contributed by atoms with Crippen LogP contribution in [0.1, 0.15) is 31.9 Å². The normalized spacial score (nSPS) is 11.8. The summed E-state index contributed by atoms with van der Waals surface area (Å²) in [5.74, 6) is 1.60. The second-order valence-corrected chi connectivity index (χ2v) is 12.8. The van der Waals surface area contributed by atoms with E-state index in [2.05, 4.69) is 57.8 Å². The molecule has 0 fully saturated rings. The quantitative estimate of drug-likeness (QED) is 0.377. The van der Waals surface area contributed by atoms with Gasteiger partial charge in [0.2, 0.25) is 0 Å². The van der Waals surface area contributed by atoms with Gasteiger partial charge in [0.15, 0.2) is 17.5 Å². The molecule has 0 aliphatic rings. The van der Waals surface area contributed by atoms with Gasteiger partial charge in [-0.25, -0.2) is 13.2 Å². The molecule has 0 saturated heterocycles. The molecule has 0 amide bonds. The Hall–Kier alpha value is -1.99. The Labute approximate surface area is 142 Å². The topological polar surface area (TPSA) is 0 Å². The Bertz CT molecular complexity index is 780. The van der Waals surface area contributed by atoms with E-state index in [0.29, 0.717) is 0 Å². The van der Waals surface area contributed by atoms with Gasteiger partial charge in [-0.15, -0.1) is 0 Å². The molecule has 0 radical (unpaired) electrons. The van der Waals surface area contributed by atoms with Crippen molar-refractivity contribution in [3.05, 3.63) is 65.0 Å². The number of halogens is 3. The number of rotatable bonds is 1. The molecule has 4 heteroatoms. The van der Waals surface area contributed by atoms with E-state index in [1.165, 1.54) is 5.19 Å². The molecule has 0 heterocycles. The highest BCUT2D eigenvalue weighted by Crippen LogP contribution is 2.35. The average Bonchev–Trinajstić information content (AvgIpc) is 2.49. The molecule has 0 aliphatic carbocycles. The van der Waals surface area contributed by atoms with Crippen LogP contribution in [0.5, 0.6) is 0 Å². The van der Waals surface area contributed by atoms with Crippen LogP contribution in [0.4, 0.5) is 13.2 Å². The third-order valence-corrected chi connectivity index (χ3v) is 10.3. The van der Waals surface area contributed by atoms with Crippen molar-refractivity contribution in [2.75, 3.05) is 0 Å². The minimum Gasteiger partial charge on any atom is -0.204 e. The fourth-order valence-corrected chi connectivity index (χ4v) is 4.04. The van der Waals surface area contributed by atoms with Crippen molar-refractivity contribution in [2.24, 2.45) is 0 Å². The third kappa shape index (κ3) is 3.73. The van der Waals surface area contributed by atoms with Crippen molar-refractivity contribution in [1.29, 1.82) is 0 Å². The van der Waals surface area contributed by atoms with Crippen LogP contribution in [-0.4, -0.2) is 8.07 Å². The SMILES string of the molecule is CC(C)(C)[Si](C)(C)c1ccc(C#Cc2cc(F)c(F)c(F)c2)cc1. The first kappa shape index (κ1) is 18.3. The summed E-state index contributed by atoms with van der Waals surface area (Å²) in [5, 5.41) is 1.57. The number of hydrogen-bond donors (Lipinski definition) is 0. The molecule has 24 heavy (non-hydrogen) atoms. The Balaban J connectivity index is 2.28. The van der Waals surface area contributed by atoms with Gasteiger partial charge >= 0.3 is 0 Å². The summed E-state index contributed by atoms with van der Waals surface area (Å²) in [7, 11) is -1.60. The molecule has 2 rings (SSSR count). The standard InChI is InChI=1S/C20H21F3Si/c1-20(2,3)24(4,5)16-10-8-14(9-11-16)6-7-15-12-17(21)19(23)18(22)13-15/h8-13H,1-5H3. The summed E-state index contributed by atoms with van der Waals surface area (Å²) in [6, 6.07) is 9.78. The Morgan fingerprint density at radius 3 is 1.71 bits per heavy atom. The van der Waals surface area contributed by atoms with Gasteiger partial charge in [-0.3, -0.25) is 0 Å². The van der Waals surface area contributed by atoms with E-state index in [9.17, 15) is 13.2 Å². The molecule has 0 aromatic heterocycles. The van der Waals surface area contributed by atoms with Gasteiger partial charge in [-0.2, -0.15) is 0 Å². The molecule has 0 spiro atoms. The lowest BCUT2D eigenvalue weighted by atomic mass is 10.1. The van der Waals surface area contributed by atoms with E-state index < -0.39 is 25.5 Å². The second-order valence-electron chi connectivity index (χ2n) is 7.46.